The molecule has 0 bridgehead atoms. The van der Waals surface area contributed by atoms with Gasteiger partial charge in [0.1, 0.15) is 5.82 Å². The Bertz CT molecular complexity index is 1620. The molecule has 6 rings (SSSR count). The van der Waals surface area contributed by atoms with E-state index in [1.807, 2.05) is 42.5 Å². The molecular formula is C34H24FN. The number of para-hydroxylation sites is 1. The summed E-state index contributed by atoms with van der Waals surface area (Å²) < 4.78 is 14.2. The summed E-state index contributed by atoms with van der Waals surface area (Å²) in [5.74, 6) is -0.256. The first-order chi connectivity index (χ1) is 17.8. The highest BCUT2D eigenvalue weighted by Crippen LogP contribution is 2.39. The zero-order valence-electron chi connectivity index (χ0n) is 19.7. The van der Waals surface area contributed by atoms with Gasteiger partial charge in [0.2, 0.25) is 0 Å². The first-order valence-corrected chi connectivity index (χ1v) is 12.1. The van der Waals surface area contributed by atoms with E-state index in [1.54, 1.807) is 12.1 Å². The van der Waals surface area contributed by atoms with Gasteiger partial charge in [0, 0.05) is 17.1 Å². The van der Waals surface area contributed by atoms with E-state index >= 15 is 0 Å². The van der Waals surface area contributed by atoms with Gasteiger partial charge in [-0.1, -0.05) is 91.0 Å². The highest BCUT2D eigenvalue weighted by atomic mass is 19.1. The Balaban J connectivity index is 1.48. The van der Waals surface area contributed by atoms with E-state index < -0.39 is 0 Å². The van der Waals surface area contributed by atoms with Crippen molar-refractivity contribution >= 4 is 27.8 Å². The first-order valence-electron chi connectivity index (χ1n) is 12.1. The molecule has 0 N–H and O–H groups in total. The fourth-order valence-corrected chi connectivity index (χ4v) is 4.77. The zero-order chi connectivity index (χ0) is 24.3. The summed E-state index contributed by atoms with van der Waals surface area (Å²) >= 11 is 0. The third kappa shape index (κ3) is 4.25. The van der Waals surface area contributed by atoms with E-state index in [0.29, 0.717) is 0 Å². The van der Waals surface area contributed by atoms with Gasteiger partial charge in [-0.25, -0.2) is 4.39 Å². The number of nitrogens with zero attached hydrogens (tertiary/aromatic N) is 1. The summed E-state index contributed by atoms with van der Waals surface area (Å²) in [7, 11) is 0. The van der Waals surface area contributed by atoms with E-state index in [0.717, 1.165) is 22.6 Å². The third-order valence-electron chi connectivity index (χ3n) is 6.49. The maximum absolute atomic E-state index is 14.2. The van der Waals surface area contributed by atoms with Crippen LogP contribution >= 0.6 is 0 Å². The fourth-order valence-electron chi connectivity index (χ4n) is 4.77. The van der Waals surface area contributed by atoms with Crippen LogP contribution in [0.25, 0.3) is 33.0 Å². The monoisotopic (exact) mass is 465 g/mol. The van der Waals surface area contributed by atoms with Gasteiger partial charge >= 0.3 is 0 Å². The van der Waals surface area contributed by atoms with Crippen LogP contribution in [0.4, 0.5) is 21.5 Å². The average Bonchev–Trinajstić information content (AvgIpc) is 2.94. The quantitative estimate of drug-likeness (QED) is 0.245. The standard InChI is InChI=1S/C34H24FN/c35-29-14-9-17-32(24-29)36(30-15-5-2-6-16-30)31-20-18-26(19-21-31)34-23-28-13-8-7-12-27(28)22-33(34)25-10-3-1-4-11-25/h1-24H. The van der Waals surface area contributed by atoms with Crippen molar-refractivity contribution in [1.29, 1.82) is 0 Å². The van der Waals surface area contributed by atoms with Crippen molar-refractivity contribution in [2.75, 3.05) is 4.90 Å². The van der Waals surface area contributed by atoms with Crippen LogP contribution in [0, 0.1) is 5.82 Å². The molecule has 0 fully saturated rings. The van der Waals surface area contributed by atoms with Crippen LogP contribution in [0.15, 0.2) is 146 Å². The molecule has 0 saturated carbocycles. The normalized spacial score (nSPS) is 10.9. The van der Waals surface area contributed by atoms with Crippen LogP contribution in [0.1, 0.15) is 0 Å². The Hall–Kier alpha value is -4.69. The van der Waals surface area contributed by atoms with Crippen molar-refractivity contribution in [3.8, 4) is 22.3 Å². The van der Waals surface area contributed by atoms with Crippen LogP contribution in [-0.2, 0) is 0 Å². The van der Waals surface area contributed by atoms with Crippen LogP contribution < -0.4 is 4.90 Å². The van der Waals surface area contributed by atoms with Gasteiger partial charge in [0.05, 0.1) is 0 Å². The van der Waals surface area contributed by atoms with Gasteiger partial charge in [-0.05, 0) is 87.6 Å². The van der Waals surface area contributed by atoms with Crippen molar-refractivity contribution in [2.45, 2.75) is 0 Å². The lowest BCUT2D eigenvalue weighted by atomic mass is 9.91. The molecule has 0 saturated heterocycles. The van der Waals surface area contributed by atoms with Crippen LogP contribution in [0.2, 0.25) is 0 Å². The lowest BCUT2D eigenvalue weighted by Crippen LogP contribution is -2.09. The molecule has 0 unspecified atom stereocenters. The molecule has 0 radical (unpaired) electrons. The maximum Gasteiger partial charge on any atom is 0.125 e. The van der Waals surface area contributed by atoms with Crippen molar-refractivity contribution in [1.82, 2.24) is 0 Å². The molecule has 2 heteroatoms. The Labute approximate surface area is 210 Å². The van der Waals surface area contributed by atoms with Crippen molar-refractivity contribution in [3.63, 3.8) is 0 Å². The minimum absolute atomic E-state index is 0.256. The number of fused-ring (bicyclic) bond motifs is 1. The first kappa shape index (κ1) is 21.8. The summed E-state index contributed by atoms with van der Waals surface area (Å²) in [6, 6.07) is 48.8. The number of hydrogen-bond donors (Lipinski definition) is 0. The summed E-state index contributed by atoms with van der Waals surface area (Å²) in [6.45, 7) is 0. The Morgan fingerprint density at radius 1 is 0.389 bits per heavy atom. The zero-order valence-corrected chi connectivity index (χ0v) is 19.7. The molecule has 1 nitrogen and oxygen atoms in total. The van der Waals surface area contributed by atoms with Crippen molar-refractivity contribution in [2.24, 2.45) is 0 Å². The second-order valence-electron chi connectivity index (χ2n) is 8.81. The molecule has 6 aromatic carbocycles. The predicted octanol–water partition coefficient (Wildman–Crippen LogP) is 9.78. The molecule has 0 amide bonds. The molecule has 0 aliphatic carbocycles. The van der Waals surface area contributed by atoms with Gasteiger partial charge in [-0.2, -0.15) is 0 Å². The molecule has 0 heterocycles. The van der Waals surface area contributed by atoms with E-state index in [2.05, 4.69) is 89.8 Å². The summed E-state index contributed by atoms with van der Waals surface area (Å²) in [6.07, 6.45) is 0. The number of hydrogen-bond acceptors (Lipinski definition) is 1. The van der Waals surface area contributed by atoms with E-state index in [9.17, 15) is 4.39 Å². The van der Waals surface area contributed by atoms with Gasteiger partial charge < -0.3 is 4.90 Å². The molecule has 0 aliphatic heterocycles. The van der Waals surface area contributed by atoms with Crippen molar-refractivity contribution < 1.29 is 4.39 Å². The molecule has 6 aromatic rings. The highest BCUT2D eigenvalue weighted by molar-refractivity contribution is 5.96. The van der Waals surface area contributed by atoms with E-state index in [1.165, 1.54) is 33.5 Å². The minimum Gasteiger partial charge on any atom is -0.310 e. The third-order valence-corrected chi connectivity index (χ3v) is 6.49. The molecule has 0 atom stereocenters. The van der Waals surface area contributed by atoms with Crippen LogP contribution in [0.5, 0.6) is 0 Å². The van der Waals surface area contributed by atoms with E-state index in [4.69, 9.17) is 0 Å². The molecule has 0 aliphatic rings. The van der Waals surface area contributed by atoms with Crippen LogP contribution in [0.3, 0.4) is 0 Å². The van der Waals surface area contributed by atoms with Gasteiger partial charge in [-0.3, -0.25) is 0 Å². The summed E-state index contributed by atoms with van der Waals surface area (Å²) in [4.78, 5) is 2.07. The summed E-state index contributed by atoms with van der Waals surface area (Å²) in [5, 5.41) is 2.43. The number of anilines is 3. The van der Waals surface area contributed by atoms with Gasteiger partial charge in [-0.15, -0.1) is 0 Å². The van der Waals surface area contributed by atoms with Gasteiger partial charge in [0.25, 0.3) is 0 Å². The average molecular weight is 466 g/mol. The minimum atomic E-state index is -0.256. The molecule has 0 spiro atoms. The molecule has 0 aromatic heterocycles. The SMILES string of the molecule is Fc1cccc(N(c2ccccc2)c2ccc(-c3cc4ccccc4cc3-c3ccccc3)cc2)c1. The summed E-state index contributed by atoms with van der Waals surface area (Å²) in [5.41, 5.74) is 7.44. The number of halogens is 1. The highest BCUT2D eigenvalue weighted by Gasteiger charge is 2.14. The Kier molecular flexibility index (Phi) is 5.77. The Morgan fingerprint density at radius 2 is 0.889 bits per heavy atom. The molecular weight excluding hydrogens is 441 g/mol. The second kappa shape index (κ2) is 9.52. The smallest absolute Gasteiger partial charge is 0.125 e. The largest absolute Gasteiger partial charge is 0.310 e. The molecule has 172 valence electrons. The second-order valence-corrected chi connectivity index (χ2v) is 8.81. The lowest BCUT2D eigenvalue weighted by Gasteiger charge is -2.25. The lowest BCUT2D eigenvalue weighted by molar-refractivity contribution is 0.628. The fraction of sp³-hybridized carbons (Fsp3) is 0. The predicted molar refractivity (Wildman–Crippen MR) is 149 cm³/mol. The Morgan fingerprint density at radius 3 is 1.50 bits per heavy atom. The molecule has 36 heavy (non-hydrogen) atoms. The topological polar surface area (TPSA) is 3.24 Å². The van der Waals surface area contributed by atoms with Crippen LogP contribution in [-0.4, -0.2) is 0 Å². The maximum atomic E-state index is 14.2. The van der Waals surface area contributed by atoms with Gasteiger partial charge in [0.15, 0.2) is 0 Å². The van der Waals surface area contributed by atoms with E-state index in [-0.39, 0.29) is 5.82 Å². The van der Waals surface area contributed by atoms with Crippen molar-refractivity contribution in [3.05, 3.63) is 151 Å². The number of rotatable bonds is 5. The number of benzene rings is 6.